The topological polar surface area (TPSA) is 21.3 Å². The lowest BCUT2D eigenvalue weighted by Crippen LogP contribution is -2.31. The number of ether oxygens (including phenoxy) is 1. The van der Waals surface area contributed by atoms with E-state index in [0.29, 0.717) is 12.1 Å². The lowest BCUT2D eigenvalue weighted by atomic mass is 10.2. The Balaban J connectivity index is 1.64. The predicted molar refractivity (Wildman–Crippen MR) is 44.5 cm³/mol. The average molecular weight is 155 g/mol. The lowest BCUT2D eigenvalue weighted by molar-refractivity contribution is 0.0626. The third-order valence-corrected chi connectivity index (χ3v) is 2.59. The van der Waals surface area contributed by atoms with Crippen molar-refractivity contribution in [2.45, 2.75) is 44.9 Å². The van der Waals surface area contributed by atoms with E-state index in [1.54, 1.807) is 0 Å². The summed E-state index contributed by atoms with van der Waals surface area (Å²) >= 11 is 0. The highest BCUT2D eigenvalue weighted by Gasteiger charge is 2.45. The third-order valence-electron chi connectivity index (χ3n) is 2.59. The van der Waals surface area contributed by atoms with Gasteiger partial charge in [0.05, 0.1) is 12.7 Å². The molecule has 2 fully saturated rings. The van der Waals surface area contributed by atoms with Gasteiger partial charge in [0.15, 0.2) is 0 Å². The number of hydrogen-bond acceptors (Lipinski definition) is 2. The maximum absolute atomic E-state index is 5.53. The molecule has 0 radical (unpaired) electrons. The minimum absolute atomic E-state index is 0.383. The van der Waals surface area contributed by atoms with Gasteiger partial charge in [-0.05, 0) is 32.6 Å². The van der Waals surface area contributed by atoms with Crippen LogP contribution in [-0.4, -0.2) is 24.8 Å². The molecule has 2 heteroatoms. The Kier molecular flexibility index (Phi) is 1.90. The van der Waals surface area contributed by atoms with Gasteiger partial charge >= 0.3 is 0 Å². The van der Waals surface area contributed by atoms with Gasteiger partial charge in [0.2, 0.25) is 0 Å². The Morgan fingerprint density at radius 1 is 1.45 bits per heavy atom. The van der Waals surface area contributed by atoms with Gasteiger partial charge in [0, 0.05) is 12.1 Å². The van der Waals surface area contributed by atoms with Crippen LogP contribution in [0.2, 0.25) is 0 Å². The Hall–Kier alpha value is -0.0800. The molecule has 11 heavy (non-hydrogen) atoms. The molecule has 0 amide bonds. The van der Waals surface area contributed by atoms with Gasteiger partial charge in [-0.25, -0.2) is 0 Å². The lowest BCUT2D eigenvalue weighted by Gasteiger charge is -2.15. The van der Waals surface area contributed by atoms with E-state index >= 15 is 0 Å². The van der Waals surface area contributed by atoms with Crippen LogP contribution >= 0.6 is 0 Å². The Morgan fingerprint density at radius 3 is 2.82 bits per heavy atom. The smallest absolute Gasteiger partial charge is 0.0623 e. The third kappa shape index (κ3) is 1.74. The fourth-order valence-corrected chi connectivity index (χ4v) is 1.87. The van der Waals surface area contributed by atoms with Crippen LogP contribution in [0.5, 0.6) is 0 Å². The zero-order valence-electron chi connectivity index (χ0n) is 7.34. The van der Waals surface area contributed by atoms with Gasteiger partial charge < -0.3 is 10.1 Å². The van der Waals surface area contributed by atoms with Crippen LogP contribution in [0.4, 0.5) is 0 Å². The summed E-state index contributed by atoms with van der Waals surface area (Å²) in [7, 11) is 0. The molecule has 1 N–H and O–H groups in total. The Morgan fingerprint density at radius 2 is 2.27 bits per heavy atom. The van der Waals surface area contributed by atoms with Gasteiger partial charge in [-0.3, -0.25) is 0 Å². The molecule has 0 aromatic rings. The first kappa shape index (κ1) is 7.56. The summed E-state index contributed by atoms with van der Waals surface area (Å²) in [5, 5.41) is 3.56. The monoisotopic (exact) mass is 155 g/mol. The van der Waals surface area contributed by atoms with E-state index in [1.807, 2.05) is 0 Å². The first-order valence-corrected chi connectivity index (χ1v) is 4.63. The number of piperidine rings is 1. The van der Waals surface area contributed by atoms with E-state index in [2.05, 4.69) is 19.2 Å². The molecule has 64 valence electrons. The molecule has 2 nitrogen and oxygen atoms in total. The highest BCUT2D eigenvalue weighted by Crippen LogP contribution is 2.40. The van der Waals surface area contributed by atoms with Crippen molar-refractivity contribution in [1.82, 2.24) is 5.32 Å². The second kappa shape index (κ2) is 2.76. The second-order valence-corrected chi connectivity index (χ2v) is 4.08. The SMILES string of the molecule is CC(C)OCC1CC2CC2N1. The average Bonchev–Trinajstić information content (AvgIpc) is 2.56. The van der Waals surface area contributed by atoms with E-state index < -0.39 is 0 Å². The van der Waals surface area contributed by atoms with Crippen LogP contribution in [0.15, 0.2) is 0 Å². The van der Waals surface area contributed by atoms with Gasteiger partial charge in [-0.15, -0.1) is 0 Å². The van der Waals surface area contributed by atoms with E-state index in [9.17, 15) is 0 Å². The van der Waals surface area contributed by atoms with Crippen molar-refractivity contribution >= 4 is 0 Å². The summed E-state index contributed by atoms with van der Waals surface area (Å²) in [6.45, 7) is 5.09. The highest BCUT2D eigenvalue weighted by molar-refractivity contribution is 5.03. The summed E-state index contributed by atoms with van der Waals surface area (Å²) in [6, 6.07) is 1.51. The maximum atomic E-state index is 5.53. The molecule has 2 rings (SSSR count). The molecular weight excluding hydrogens is 138 g/mol. The van der Waals surface area contributed by atoms with Crippen LogP contribution in [-0.2, 0) is 4.74 Å². The summed E-state index contributed by atoms with van der Waals surface area (Å²) in [4.78, 5) is 0. The standard InChI is InChI=1S/C9H17NO/c1-6(2)11-5-8-3-7-4-9(7)10-8/h6-10H,3-5H2,1-2H3. The summed E-state index contributed by atoms with van der Waals surface area (Å²) in [5.74, 6) is 0.996. The number of nitrogens with one attached hydrogen (secondary N) is 1. The van der Waals surface area contributed by atoms with Gasteiger partial charge in [-0.2, -0.15) is 0 Å². The van der Waals surface area contributed by atoms with Crippen molar-refractivity contribution in [2.24, 2.45) is 5.92 Å². The maximum Gasteiger partial charge on any atom is 0.0623 e. The van der Waals surface area contributed by atoms with Crippen molar-refractivity contribution < 1.29 is 4.74 Å². The van der Waals surface area contributed by atoms with E-state index in [0.717, 1.165) is 18.6 Å². The molecule has 0 bridgehead atoms. The molecule has 1 aliphatic carbocycles. The van der Waals surface area contributed by atoms with Crippen molar-refractivity contribution in [2.75, 3.05) is 6.61 Å². The summed E-state index contributed by atoms with van der Waals surface area (Å²) < 4.78 is 5.53. The van der Waals surface area contributed by atoms with Crippen LogP contribution in [0.1, 0.15) is 26.7 Å². The molecule has 0 aromatic carbocycles. The molecule has 1 saturated heterocycles. The fourth-order valence-electron chi connectivity index (χ4n) is 1.87. The van der Waals surface area contributed by atoms with E-state index in [1.165, 1.54) is 12.8 Å². The Labute approximate surface area is 68.3 Å². The van der Waals surface area contributed by atoms with Crippen molar-refractivity contribution in [3.63, 3.8) is 0 Å². The molecular formula is C9H17NO. The van der Waals surface area contributed by atoms with E-state index in [-0.39, 0.29) is 0 Å². The number of rotatable bonds is 3. The molecule has 0 aromatic heterocycles. The molecule has 3 unspecified atom stereocenters. The minimum Gasteiger partial charge on any atom is -0.377 e. The fraction of sp³-hybridized carbons (Fsp3) is 1.00. The molecule has 2 aliphatic rings. The summed E-state index contributed by atoms with van der Waals surface area (Å²) in [6.07, 6.45) is 3.14. The molecule has 1 saturated carbocycles. The number of fused-ring (bicyclic) bond motifs is 1. The molecule has 1 heterocycles. The van der Waals surface area contributed by atoms with Gasteiger partial charge in [0.25, 0.3) is 0 Å². The van der Waals surface area contributed by atoms with Gasteiger partial charge in [-0.1, -0.05) is 0 Å². The largest absolute Gasteiger partial charge is 0.377 e. The van der Waals surface area contributed by atoms with Crippen molar-refractivity contribution in [3.8, 4) is 0 Å². The normalized spacial score (nSPS) is 41.2. The Bertz CT molecular complexity index is 136. The zero-order chi connectivity index (χ0) is 7.84. The van der Waals surface area contributed by atoms with Crippen molar-refractivity contribution in [3.05, 3.63) is 0 Å². The van der Waals surface area contributed by atoms with E-state index in [4.69, 9.17) is 4.74 Å². The first-order valence-electron chi connectivity index (χ1n) is 4.63. The van der Waals surface area contributed by atoms with Crippen molar-refractivity contribution in [1.29, 1.82) is 0 Å². The second-order valence-electron chi connectivity index (χ2n) is 4.08. The summed E-state index contributed by atoms with van der Waals surface area (Å²) in [5.41, 5.74) is 0. The zero-order valence-corrected chi connectivity index (χ0v) is 7.34. The van der Waals surface area contributed by atoms with Crippen LogP contribution in [0.25, 0.3) is 0 Å². The van der Waals surface area contributed by atoms with Crippen LogP contribution in [0.3, 0.4) is 0 Å². The molecule has 3 atom stereocenters. The highest BCUT2D eigenvalue weighted by atomic mass is 16.5. The quantitative estimate of drug-likeness (QED) is 0.660. The number of hydrogen-bond donors (Lipinski definition) is 1. The van der Waals surface area contributed by atoms with Crippen LogP contribution < -0.4 is 5.32 Å². The first-order chi connectivity index (χ1) is 5.25. The van der Waals surface area contributed by atoms with Crippen LogP contribution in [0, 0.1) is 5.92 Å². The molecule has 1 aliphatic heterocycles. The molecule has 0 spiro atoms. The van der Waals surface area contributed by atoms with Gasteiger partial charge in [0.1, 0.15) is 0 Å². The predicted octanol–water partition coefficient (Wildman–Crippen LogP) is 1.16. The minimum atomic E-state index is 0.383.